The number of aliphatic hydroxyl groups is 1. The fraction of sp³-hybridized carbons (Fsp3) is 0.692. The van der Waals surface area contributed by atoms with E-state index >= 15 is 0 Å². The summed E-state index contributed by atoms with van der Waals surface area (Å²) in [6, 6.07) is 0. The van der Waals surface area contributed by atoms with E-state index in [4.69, 9.17) is 5.73 Å². The fourth-order valence-electron chi connectivity index (χ4n) is 2.48. The lowest BCUT2D eigenvalue weighted by atomic mass is 10.1. The number of aromatic nitrogens is 2. The molecule has 0 unspecified atom stereocenters. The number of anilines is 1. The molecule has 1 aliphatic heterocycles. The van der Waals surface area contributed by atoms with Gasteiger partial charge in [0.25, 0.3) is 5.91 Å². The molecule has 20 heavy (non-hydrogen) atoms. The molecular weight excluding hydrogens is 258 g/mol. The van der Waals surface area contributed by atoms with E-state index < -0.39 is 5.60 Å². The predicted octanol–water partition coefficient (Wildman–Crippen LogP) is -0.469. The molecule has 0 saturated carbocycles. The highest BCUT2D eigenvalue weighted by Crippen LogP contribution is 2.14. The number of piperazine rings is 1. The van der Waals surface area contributed by atoms with Gasteiger partial charge in [-0.1, -0.05) is 0 Å². The summed E-state index contributed by atoms with van der Waals surface area (Å²) < 4.78 is 1.55. The van der Waals surface area contributed by atoms with Crippen molar-refractivity contribution in [3.63, 3.8) is 0 Å². The smallest absolute Gasteiger partial charge is 0.276 e. The minimum absolute atomic E-state index is 0.119. The Morgan fingerprint density at radius 2 is 2.00 bits per heavy atom. The summed E-state index contributed by atoms with van der Waals surface area (Å²) >= 11 is 0. The predicted molar refractivity (Wildman–Crippen MR) is 76.3 cm³/mol. The van der Waals surface area contributed by atoms with Crippen LogP contribution in [0, 0.1) is 0 Å². The second-order valence-corrected chi connectivity index (χ2v) is 5.99. The minimum Gasteiger partial charge on any atom is -0.396 e. The van der Waals surface area contributed by atoms with E-state index in [1.54, 1.807) is 36.7 Å². The lowest BCUT2D eigenvalue weighted by Gasteiger charge is -2.37. The molecule has 112 valence electrons. The van der Waals surface area contributed by atoms with Crippen LogP contribution in [-0.2, 0) is 7.05 Å². The first-order valence-electron chi connectivity index (χ1n) is 6.79. The van der Waals surface area contributed by atoms with Crippen molar-refractivity contribution >= 4 is 11.6 Å². The fourth-order valence-corrected chi connectivity index (χ4v) is 2.48. The average molecular weight is 281 g/mol. The van der Waals surface area contributed by atoms with Gasteiger partial charge in [-0.25, -0.2) is 0 Å². The number of β-amino-alcohol motifs (C(OH)–C–C–N with tert-alkyl or cyclic N) is 1. The molecule has 2 heterocycles. The van der Waals surface area contributed by atoms with E-state index in [9.17, 15) is 9.90 Å². The van der Waals surface area contributed by atoms with Gasteiger partial charge >= 0.3 is 0 Å². The van der Waals surface area contributed by atoms with Crippen LogP contribution >= 0.6 is 0 Å². The number of nitrogens with two attached hydrogens (primary N) is 1. The molecule has 0 aromatic carbocycles. The van der Waals surface area contributed by atoms with Crippen LogP contribution < -0.4 is 5.73 Å². The van der Waals surface area contributed by atoms with E-state index in [2.05, 4.69) is 10.00 Å². The molecule has 1 saturated heterocycles. The van der Waals surface area contributed by atoms with Gasteiger partial charge in [0, 0.05) is 46.0 Å². The van der Waals surface area contributed by atoms with E-state index in [1.165, 1.54) is 0 Å². The van der Waals surface area contributed by atoms with Crippen molar-refractivity contribution in [2.45, 2.75) is 19.4 Å². The topological polar surface area (TPSA) is 87.6 Å². The Morgan fingerprint density at radius 3 is 2.45 bits per heavy atom. The van der Waals surface area contributed by atoms with Gasteiger partial charge in [0.2, 0.25) is 0 Å². The highest BCUT2D eigenvalue weighted by atomic mass is 16.3. The van der Waals surface area contributed by atoms with Crippen molar-refractivity contribution in [2.24, 2.45) is 7.05 Å². The van der Waals surface area contributed by atoms with Crippen LogP contribution in [0.5, 0.6) is 0 Å². The number of nitrogens with zero attached hydrogens (tertiary/aromatic N) is 4. The Morgan fingerprint density at radius 1 is 1.40 bits per heavy atom. The van der Waals surface area contributed by atoms with Crippen molar-refractivity contribution in [2.75, 3.05) is 38.5 Å². The number of amides is 1. The molecule has 0 spiro atoms. The van der Waals surface area contributed by atoms with Crippen LogP contribution in [0.3, 0.4) is 0 Å². The normalized spacial score (nSPS) is 17.5. The second kappa shape index (κ2) is 5.41. The van der Waals surface area contributed by atoms with Crippen molar-refractivity contribution in [1.82, 2.24) is 19.6 Å². The largest absolute Gasteiger partial charge is 0.396 e. The molecule has 0 aliphatic carbocycles. The van der Waals surface area contributed by atoms with Gasteiger partial charge in [-0.2, -0.15) is 5.10 Å². The number of rotatable bonds is 3. The molecular formula is C13H23N5O2. The van der Waals surface area contributed by atoms with Gasteiger partial charge < -0.3 is 15.7 Å². The molecule has 1 aliphatic rings. The summed E-state index contributed by atoms with van der Waals surface area (Å²) in [4.78, 5) is 16.2. The number of hydrogen-bond donors (Lipinski definition) is 2. The molecule has 7 nitrogen and oxygen atoms in total. The molecule has 2 rings (SSSR count). The Kier molecular flexibility index (Phi) is 4.01. The molecule has 1 aromatic rings. The van der Waals surface area contributed by atoms with Gasteiger partial charge in [0.1, 0.15) is 0 Å². The third-order valence-electron chi connectivity index (χ3n) is 3.33. The first-order valence-corrected chi connectivity index (χ1v) is 6.79. The van der Waals surface area contributed by atoms with E-state index in [1.807, 2.05) is 0 Å². The van der Waals surface area contributed by atoms with Gasteiger partial charge in [-0.05, 0) is 13.8 Å². The zero-order valence-corrected chi connectivity index (χ0v) is 12.3. The highest BCUT2D eigenvalue weighted by molar-refractivity contribution is 5.97. The summed E-state index contributed by atoms with van der Waals surface area (Å²) in [6.07, 6.45) is 1.64. The number of nitrogen functional groups attached to an aromatic ring is 1. The molecule has 7 heteroatoms. The maximum absolute atomic E-state index is 12.3. The van der Waals surface area contributed by atoms with Crippen LogP contribution in [0.2, 0.25) is 0 Å². The van der Waals surface area contributed by atoms with E-state index in [0.29, 0.717) is 31.0 Å². The van der Waals surface area contributed by atoms with Gasteiger partial charge in [0.15, 0.2) is 5.69 Å². The van der Waals surface area contributed by atoms with E-state index in [-0.39, 0.29) is 5.91 Å². The van der Waals surface area contributed by atoms with Gasteiger partial charge in [0.05, 0.1) is 11.3 Å². The minimum atomic E-state index is -0.711. The first kappa shape index (κ1) is 14.8. The van der Waals surface area contributed by atoms with Gasteiger partial charge in [-0.3, -0.25) is 14.4 Å². The molecule has 1 fully saturated rings. The average Bonchev–Trinajstić information content (AvgIpc) is 2.66. The molecule has 0 radical (unpaired) electrons. The van der Waals surface area contributed by atoms with Gasteiger partial charge in [-0.15, -0.1) is 0 Å². The van der Waals surface area contributed by atoms with Crippen molar-refractivity contribution in [3.8, 4) is 0 Å². The maximum Gasteiger partial charge on any atom is 0.276 e. The third-order valence-corrected chi connectivity index (χ3v) is 3.33. The molecule has 3 N–H and O–H groups in total. The number of hydrogen-bond acceptors (Lipinski definition) is 5. The van der Waals surface area contributed by atoms with Crippen molar-refractivity contribution in [1.29, 1.82) is 0 Å². The Bertz CT molecular complexity index is 483. The Balaban J connectivity index is 1.94. The SMILES string of the molecule is Cn1cc(N)c(C(=O)N2CCN(CC(C)(C)O)CC2)n1. The quantitative estimate of drug-likeness (QED) is 0.782. The number of carbonyl (C=O) groups is 1. The van der Waals surface area contributed by atoms with Crippen LogP contribution in [0.1, 0.15) is 24.3 Å². The zero-order valence-electron chi connectivity index (χ0n) is 12.3. The Labute approximate surface area is 118 Å². The van der Waals surface area contributed by atoms with Crippen LogP contribution in [0.25, 0.3) is 0 Å². The monoisotopic (exact) mass is 281 g/mol. The summed E-state index contributed by atoms with van der Waals surface area (Å²) in [5, 5.41) is 13.9. The van der Waals surface area contributed by atoms with Crippen LogP contribution in [0.4, 0.5) is 5.69 Å². The van der Waals surface area contributed by atoms with Crippen molar-refractivity contribution < 1.29 is 9.90 Å². The zero-order chi connectivity index (χ0) is 14.9. The summed E-state index contributed by atoms with van der Waals surface area (Å²) in [7, 11) is 1.74. The van der Waals surface area contributed by atoms with Crippen LogP contribution in [0.15, 0.2) is 6.20 Å². The lowest BCUT2D eigenvalue weighted by molar-refractivity contribution is 0.0177. The maximum atomic E-state index is 12.3. The lowest BCUT2D eigenvalue weighted by Crippen LogP contribution is -2.52. The second-order valence-electron chi connectivity index (χ2n) is 5.99. The summed E-state index contributed by atoms with van der Waals surface area (Å²) in [5.74, 6) is -0.119. The standard InChI is InChI=1S/C13H23N5O2/c1-13(2,20)9-17-4-6-18(7-5-17)12(19)11-10(14)8-16(3)15-11/h8,20H,4-7,9,14H2,1-3H3. The van der Waals surface area contributed by atoms with Crippen molar-refractivity contribution in [3.05, 3.63) is 11.9 Å². The summed E-state index contributed by atoms with van der Waals surface area (Å²) in [5.41, 5.74) is 5.81. The number of aryl methyl sites for hydroxylation is 1. The number of carbonyl (C=O) groups excluding carboxylic acids is 1. The summed E-state index contributed by atoms with van der Waals surface area (Å²) in [6.45, 7) is 6.96. The third kappa shape index (κ3) is 3.49. The molecule has 0 bridgehead atoms. The molecule has 1 amide bonds. The molecule has 1 aromatic heterocycles. The molecule has 0 atom stereocenters. The highest BCUT2D eigenvalue weighted by Gasteiger charge is 2.27. The first-order chi connectivity index (χ1) is 9.26. The van der Waals surface area contributed by atoms with E-state index in [0.717, 1.165) is 13.1 Å². The Hall–Kier alpha value is -1.60. The van der Waals surface area contributed by atoms with Crippen LogP contribution in [-0.4, -0.2) is 68.9 Å².